The van der Waals surface area contributed by atoms with Gasteiger partial charge in [0.05, 0.1) is 25.4 Å². The molecule has 0 spiro atoms. The van der Waals surface area contributed by atoms with Gasteiger partial charge in [-0.05, 0) is 31.9 Å². The molecule has 1 aromatic carbocycles. The van der Waals surface area contributed by atoms with E-state index in [2.05, 4.69) is 20.6 Å². The van der Waals surface area contributed by atoms with Crippen molar-refractivity contribution >= 4 is 5.96 Å². The predicted molar refractivity (Wildman–Crippen MR) is 99.8 cm³/mol. The lowest BCUT2D eigenvalue weighted by Crippen LogP contribution is -2.36. The summed E-state index contributed by atoms with van der Waals surface area (Å²) in [6, 6.07) is 7.14. The normalized spacial score (nSPS) is 12.3. The number of rotatable bonds is 8. The van der Waals surface area contributed by atoms with Crippen LogP contribution >= 0.6 is 0 Å². The molecule has 0 aliphatic rings. The number of aryl methyl sites for hydroxylation is 2. The van der Waals surface area contributed by atoms with Crippen LogP contribution in [0.4, 0.5) is 13.2 Å². The Bertz CT molecular complexity index is 768. The minimum absolute atomic E-state index is 0.0990. The molecule has 1 aromatic heterocycles. The molecule has 0 radical (unpaired) electrons. The van der Waals surface area contributed by atoms with E-state index in [1.807, 2.05) is 26.8 Å². The molecule has 6 nitrogen and oxygen atoms in total. The Morgan fingerprint density at radius 1 is 1.21 bits per heavy atom. The van der Waals surface area contributed by atoms with Crippen LogP contribution in [0.2, 0.25) is 0 Å². The second-order valence-electron chi connectivity index (χ2n) is 6.23. The third kappa shape index (κ3) is 7.59. The van der Waals surface area contributed by atoms with E-state index in [0.29, 0.717) is 37.0 Å². The van der Waals surface area contributed by atoms with Crippen molar-refractivity contribution in [1.29, 1.82) is 0 Å². The fraction of sp³-hybridized carbons (Fsp3) is 0.474. The van der Waals surface area contributed by atoms with Crippen molar-refractivity contribution in [3.63, 3.8) is 0 Å². The fourth-order valence-corrected chi connectivity index (χ4v) is 2.39. The molecule has 0 saturated heterocycles. The van der Waals surface area contributed by atoms with E-state index in [4.69, 9.17) is 9.15 Å². The number of aliphatic imine (C=N–C) groups is 1. The van der Waals surface area contributed by atoms with Crippen molar-refractivity contribution in [2.24, 2.45) is 4.99 Å². The molecule has 0 amide bonds. The lowest BCUT2D eigenvalue weighted by atomic mass is 10.1. The van der Waals surface area contributed by atoms with Crippen molar-refractivity contribution in [2.75, 3.05) is 13.2 Å². The maximum absolute atomic E-state index is 12.2. The Labute approximate surface area is 162 Å². The van der Waals surface area contributed by atoms with Gasteiger partial charge in [-0.1, -0.05) is 24.3 Å². The van der Waals surface area contributed by atoms with Gasteiger partial charge < -0.3 is 19.8 Å². The number of benzene rings is 1. The van der Waals surface area contributed by atoms with E-state index in [-0.39, 0.29) is 6.61 Å². The molecule has 2 aromatic rings. The summed E-state index contributed by atoms with van der Waals surface area (Å²) < 4.78 is 46.7. The Kier molecular flexibility index (Phi) is 7.86. The third-order valence-electron chi connectivity index (χ3n) is 3.77. The molecule has 0 unspecified atom stereocenters. The summed E-state index contributed by atoms with van der Waals surface area (Å²) in [6.45, 7) is 5.78. The molecule has 2 N–H and O–H groups in total. The van der Waals surface area contributed by atoms with Crippen LogP contribution in [0.1, 0.15) is 35.4 Å². The Balaban J connectivity index is 1.93. The number of halogens is 3. The van der Waals surface area contributed by atoms with Gasteiger partial charge in [0.2, 0.25) is 5.89 Å². The zero-order chi connectivity index (χ0) is 20.6. The molecular weight excluding hydrogens is 373 g/mol. The summed E-state index contributed by atoms with van der Waals surface area (Å²) in [4.78, 5) is 8.80. The molecule has 28 heavy (non-hydrogen) atoms. The second-order valence-corrected chi connectivity index (χ2v) is 6.23. The van der Waals surface area contributed by atoms with Crippen LogP contribution in [0, 0.1) is 13.8 Å². The summed E-state index contributed by atoms with van der Waals surface area (Å²) in [5.41, 5.74) is 2.39. The molecule has 0 atom stereocenters. The van der Waals surface area contributed by atoms with Gasteiger partial charge in [0.25, 0.3) is 0 Å². The first-order valence-electron chi connectivity index (χ1n) is 8.94. The fourth-order valence-electron chi connectivity index (χ4n) is 2.39. The number of guanidine groups is 1. The summed E-state index contributed by atoms with van der Waals surface area (Å²) in [5, 5.41) is 6.28. The van der Waals surface area contributed by atoms with Crippen LogP contribution in [0.3, 0.4) is 0 Å². The lowest BCUT2D eigenvalue weighted by Gasteiger charge is -2.10. The van der Waals surface area contributed by atoms with E-state index in [9.17, 15) is 13.2 Å². The molecule has 0 aliphatic carbocycles. The molecule has 2 rings (SSSR count). The topological polar surface area (TPSA) is 71.7 Å². The highest BCUT2D eigenvalue weighted by atomic mass is 19.4. The van der Waals surface area contributed by atoms with Crippen molar-refractivity contribution in [3.8, 4) is 0 Å². The van der Waals surface area contributed by atoms with E-state index in [1.165, 1.54) is 0 Å². The average molecular weight is 398 g/mol. The first kappa shape index (κ1) is 21.7. The maximum atomic E-state index is 12.2. The smallest absolute Gasteiger partial charge is 0.411 e. The zero-order valence-electron chi connectivity index (χ0n) is 16.2. The molecule has 154 valence electrons. The van der Waals surface area contributed by atoms with E-state index < -0.39 is 12.8 Å². The third-order valence-corrected chi connectivity index (χ3v) is 3.77. The van der Waals surface area contributed by atoms with Crippen LogP contribution < -0.4 is 10.6 Å². The highest BCUT2D eigenvalue weighted by molar-refractivity contribution is 5.79. The van der Waals surface area contributed by atoms with E-state index in [1.54, 1.807) is 18.2 Å². The lowest BCUT2D eigenvalue weighted by molar-refractivity contribution is -0.176. The number of ether oxygens (including phenoxy) is 1. The van der Waals surface area contributed by atoms with Gasteiger partial charge in [0, 0.05) is 6.54 Å². The number of hydrogen-bond acceptors (Lipinski definition) is 4. The van der Waals surface area contributed by atoms with Crippen LogP contribution in [0.15, 0.2) is 33.7 Å². The molecule has 0 fully saturated rings. The summed E-state index contributed by atoms with van der Waals surface area (Å²) in [6.07, 6.45) is -4.33. The van der Waals surface area contributed by atoms with Gasteiger partial charge in [-0.2, -0.15) is 13.2 Å². The maximum Gasteiger partial charge on any atom is 0.411 e. The molecular formula is C19H25F3N4O2. The summed E-state index contributed by atoms with van der Waals surface area (Å²) in [5.74, 6) is 1.95. The minimum Gasteiger partial charge on any atom is -0.444 e. The van der Waals surface area contributed by atoms with Crippen LogP contribution in [0.25, 0.3) is 0 Å². The first-order chi connectivity index (χ1) is 13.3. The Hall–Kier alpha value is -2.55. The van der Waals surface area contributed by atoms with Crippen LogP contribution in [0.5, 0.6) is 0 Å². The van der Waals surface area contributed by atoms with Gasteiger partial charge in [-0.3, -0.25) is 0 Å². The van der Waals surface area contributed by atoms with Crippen molar-refractivity contribution in [2.45, 2.75) is 46.6 Å². The van der Waals surface area contributed by atoms with Gasteiger partial charge in [-0.15, -0.1) is 0 Å². The SMILES string of the molecule is CCNC(=NCc1cccc(COCC(F)(F)F)c1)NCc1nc(C)c(C)o1. The van der Waals surface area contributed by atoms with Gasteiger partial charge in [-0.25, -0.2) is 9.98 Å². The number of aromatic nitrogens is 1. The second kappa shape index (κ2) is 10.1. The van der Waals surface area contributed by atoms with E-state index >= 15 is 0 Å². The number of nitrogens with one attached hydrogen (secondary N) is 2. The Morgan fingerprint density at radius 2 is 1.96 bits per heavy atom. The molecule has 0 aliphatic heterocycles. The average Bonchev–Trinajstić information content (AvgIpc) is 2.94. The predicted octanol–water partition coefficient (Wildman–Crippen LogP) is 3.63. The number of nitrogens with zero attached hydrogens (tertiary/aromatic N) is 2. The van der Waals surface area contributed by atoms with E-state index in [0.717, 1.165) is 17.0 Å². The van der Waals surface area contributed by atoms with Gasteiger partial charge in [0.15, 0.2) is 5.96 Å². The van der Waals surface area contributed by atoms with Crippen LogP contribution in [-0.2, 0) is 24.4 Å². The molecule has 9 heteroatoms. The van der Waals surface area contributed by atoms with Crippen molar-refractivity contribution in [1.82, 2.24) is 15.6 Å². The summed E-state index contributed by atoms with van der Waals surface area (Å²) in [7, 11) is 0. The quantitative estimate of drug-likeness (QED) is 0.525. The number of hydrogen-bond donors (Lipinski definition) is 2. The molecule has 0 bridgehead atoms. The van der Waals surface area contributed by atoms with Gasteiger partial charge in [0.1, 0.15) is 12.4 Å². The summed E-state index contributed by atoms with van der Waals surface area (Å²) >= 11 is 0. The largest absolute Gasteiger partial charge is 0.444 e. The standard InChI is InChI=1S/C19H25F3N4O2/c1-4-23-18(25-10-17-26-13(2)14(3)28-17)24-9-15-6-5-7-16(8-15)11-27-12-19(20,21)22/h5-8H,4,9-12H2,1-3H3,(H2,23,24,25). The number of oxazole rings is 1. The minimum atomic E-state index is -4.33. The number of alkyl halides is 3. The van der Waals surface area contributed by atoms with Crippen LogP contribution in [-0.4, -0.2) is 30.3 Å². The van der Waals surface area contributed by atoms with Gasteiger partial charge >= 0.3 is 6.18 Å². The highest BCUT2D eigenvalue weighted by Crippen LogP contribution is 2.16. The highest BCUT2D eigenvalue weighted by Gasteiger charge is 2.27. The molecule has 1 heterocycles. The zero-order valence-corrected chi connectivity index (χ0v) is 16.2. The van der Waals surface area contributed by atoms with Crippen molar-refractivity contribution < 1.29 is 22.3 Å². The Morgan fingerprint density at radius 3 is 2.61 bits per heavy atom. The molecule has 0 saturated carbocycles. The van der Waals surface area contributed by atoms with Crippen molar-refractivity contribution in [3.05, 3.63) is 52.7 Å². The first-order valence-corrected chi connectivity index (χ1v) is 8.94. The monoisotopic (exact) mass is 398 g/mol.